The van der Waals surface area contributed by atoms with Crippen LogP contribution in [0, 0.1) is 5.92 Å². The van der Waals surface area contributed by atoms with E-state index in [1.165, 1.54) is 0 Å². The number of ether oxygens (including phenoxy) is 2. The summed E-state index contributed by atoms with van der Waals surface area (Å²) in [7, 11) is 0. The lowest BCUT2D eigenvalue weighted by Gasteiger charge is -2.40. The van der Waals surface area contributed by atoms with E-state index in [1.807, 2.05) is 35.2 Å². The highest BCUT2D eigenvalue weighted by Gasteiger charge is 2.34. The third kappa shape index (κ3) is 3.12. The number of carbonyl (C=O) groups is 1. The van der Waals surface area contributed by atoms with Crippen molar-refractivity contribution >= 4 is 6.09 Å². The first kappa shape index (κ1) is 13.4. The SMILES string of the molecule is O=C(OCc1ccccc1)N1CC[C@H]2OCCC[C@@H]2C1. The predicted octanol–water partition coefficient (Wildman–Crippen LogP) is 2.82. The van der Waals surface area contributed by atoms with Crippen LogP contribution in [0.15, 0.2) is 30.3 Å². The number of piperidine rings is 1. The second-order valence-electron chi connectivity index (χ2n) is 5.59. The van der Waals surface area contributed by atoms with E-state index >= 15 is 0 Å². The van der Waals surface area contributed by atoms with Crippen molar-refractivity contribution in [3.63, 3.8) is 0 Å². The monoisotopic (exact) mass is 275 g/mol. The second-order valence-corrected chi connectivity index (χ2v) is 5.59. The molecule has 0 bridgehead atoms. The number of nitrogens with zero attached hydrogens (tertiary/aromatic N) is 1. The average Bonchev–Trinajstić information content (AvgIpc) is 2.53. The summed E-state index contributed by atoms with van der Waals surface area (Å²) in [6.45, 7) is 2.74. The number of amides is 1. The van der Waals surface area contributed by atoms with Crippen molar-refractivity contribution in [3.8, 4) is 0 Å². The highest BCUT2D eigenvalue weighted by Crippen LogP contribution is 2.28. The van der Waals surface area contributed by atoms with Gasteiger partial charge in [0, 0.05) is 25.6 Å². The average molecular weight is 275 g/mol. The molecule has 0 N–H and O–H groups in total. The molecule has 0 saturated carbocycles. The van der Waals surface area contributed by atoms with Crippen LogP contribution in [0.4, 0.5) is 4.79 Å². The highest BCUT2D eigenvalue weighted by molar-refractivity contribution is 5.67. The third-order valence-electron chi connectivity index (χ3n) is 4.18. The van der Waals surface area contributed by atoms with Crippen LogP contribution in [0.25, 0.3) is 0 Å². The molecule has 2 fully saturated rings. The van der Waals surface area contributed by atoms with E-state index < -0.39 is 0 Å². The van der Waals surface area contributed by atoms with Gasteiger partial charge in [0.15, 0.2) is 0 Å². The molecular formula is C16H21NO3. The van der Waals surface area contributed by atoms with Crippen molar-refractivity contribution in [3.05, 3.63) is 35.9 Å². The fourth-order valence-corrected chi connectivity index (χ4v) is 3.06. The number of hydrogen-bond acceptors (Lipinski definition) is 3. The molecule has 4 heteroatoms. The van der Waals surface area contributed by atoms with E-state index in [1.54, 1.807) is 0 Å². The zero-order valence-electron chi connectivity index (χ0n) is 11.7. The molecule has 0 radical (unpaired) electrons. The van der Waals surface area contributed by atoms with Gasteiger partial charge in [-0.1, -0.05) is 30.3 Å². The van der Waals surface area contributed by atoms with Crippen LogP contribution < -0.4 is 0 Å². The molecule has 2 heterocycles. The van der Waals surface area contributed by atoms with Gasteiger partial charge in [-0.25, -0.2) is 4.79 Å². The first-order valence-corrected chi connectivity index (χ1v) is 7.40. The summed E-state index contributed by atoms with van der Waals surface area (Å²) >= 11 is 0. The molecule has 3 rings (SSSR count). The maximum Gasteiger partial charge on any atom is 0.410 e. The number of hydrogen-bond donors (Lipinski definition) is 0. The Bertz CT molecular complexity index is 448. The van der Waals surface area contributed by atoms with Crippen molar-refractivity contribution in [2.75, 3.05) is 19.7 Å². The van der Waals surface area contributed by atoms with Gasteiger partial charge in [0.05, 0.1) is 6.10 Å². The van der Waals surface area contributed by atoms with Crippen LogP contribution in [0.3, 0.4) is 0 Å². The van der Waals surface area contributed by atoms with Gasteiger partial charge < -0.3 is 14.4 Å². The molecule has 108 valence electrons. The fraction of sp³-hybridized carbons (Fsp3) is 0.562. The van der Waals surface area contributed by atoms with Crippen LogP contribution in [0.2, 0.25) is 0 Å². The summed E-state index contributed by atoms with van der Waals surface area (Å²) < 4.78 is 11.2. The molecule has 2 atom stereocenters. The van der Waals surface area contributed by atoms with Gasteiger partial charge in [-0.2, -0.15) is 0 Å². The summed E-state index contributed by atoms with van der Waals surface area (Å²) in [5.74, 6) is 0.488. The van der Waals surface area contributed by atoms with E-state index in [9.17, 15) is 4.79 Å². The minimum atomic E-state index is -0.196. The summed E-state index contributed by atoms with van der Waals surface area (Å²) in [4.78, 5) is 13.9. The molecule has 0 spiro atoms. The number of fused-ring (bicyclic) bond motifs is 1. The fourth-order valence-electron chi connectivity index (χ4n) is 3.06. The van der Waals surface area contributed by atoms with E-state index in [-0.39, 0.29) is 6.09 Å². The lowest BCUT2D eigenvalue weighted by Crippen LogP contribution is -2.48. The lowest BCUT2D eigenvalue weighted by molar-refractivity contribution is -0.0639. The van der Waals surface area contributed by atoms with E-state index in [4.69, 9.17) is 9.47 Å². The molecule has 1 amide bonds. The zero-order valence-corrected chi connectivity index (χ0v) is 11.7. The molecule has 20 heavy (non-hydrogen) atoms. The Kier molecular flexibility index (Phi) is 4.21. The van der Waals surface area contributed by atoms with Crippen molar-refractivity contribution < 1.29 is 14.3 Å². The van der Waals surface area contributed by atoms with Crippen molar-refractivity contribution in [1.82, 2.24) is 4.90 Å². The smallest absolute Gasteiger partial charge is 0.410 e. The number of likely N-dealkylation sites (tertiary alicyclic amines) is 1. The Balaban J connectivity index is 1.50. The molecule has 0 aliphatic carbocycles. The largest absolute Gasteiger partial charge is 0.445 e. The third-order valence-corrected chi connectivity index (χ3v) is 4.18. The van der Waals surface area contributed by atoms with Gasteiger partial charge in [0.25, 0.3) is 0 Å². The van der Waals surface area contributed by atoms with Gasteiger partial charge in [0.2, 0.25) is 0 Å². The zero-order chi connectivity index (χ0) is 13.8. The van der Waals surface area contributed by atoms with E-state index in [2.05, 4.69) is 0 Å². The minimum absolute atomic E-state index is 0.196. The summed E-state index contributed by atoms with van der Waals surface area (Å²) in [6, 6.07) is 9.80. The Morgan fingerprint density at radius 2 is 2.15 bits per heavy atom. The van der Waals surface area contributed by atoms with Crippen molar-refractivity contribution in [2.24, 2.45) is 5.92 Å². The normalized spacial score (nSPS) is 25.9. The van der Waals surface area contributed by atoms with Crippen LogP contribution >= 0.6 is 0 Å². The van der Waals surface area contributed by atoms with Crippen LogP contribution in [-0.4, -0.2) is 36.8 Å². The summed E-state index contributed by atoms with van der Waals surface area (Å²) in [6.07, 6.45) is 3.35. The molecule has 2 saturated heterocycles. The Morgan fingerprint density at radius 1 is 1.30 bits per heavy atom. The van der Waals surface area contributed by atoms with Gasteiger partial charge >= 0.3 is 6.09 Å². The number of carbonyl (C=O) groups excluding carboxylic acids is 1. The van der Waals surface area contributed by atoms with Crippen LogP contribution in [-0.2, 0) is 16.1 Å². The topological polar surface area (TPSA) is 38.8 Å². The lowest BCUT2D eigenvalue weighted by atomic mass is 9.89. The molecule has 1 aromatic carbocycles. The quantitative estimate of drug-likeness (QED) is 0.833. The molecule has 2 aliphatic heterocycles. The van der Waals surface area contributed by atoms with E-state index in [0.29, 0.717) is 18.6 Å². The standard InChI is InChI=1S/C16H21NO3/c18-16(20-12-13-5-2-1-3-6-13)17-9-8-15-14(11-17)7-4-10-19-15/h1-3,5-6,14-15H,4,7-12H2/t14-,15-/m1/s1. The number of rotatable bonds is 2. The maximum atomic E-state index is 12.1. The Hall–Kier alpha value is -1.55. The predicted molar refractivity (Wildman–Crippen MR) is 75.3 cm³/mol. The highest BCUT2D eigenvalue weighted by atomic mass is 16.6. The summed E-state index contributed by atoms with van der Waals surface area (Å²) in [5.41, 5.74) is 1.02. The first-order chi connectivity index (χ1) is 9.83. The van der Waals surface area contributed by atoms with E-state index in [0.717, 1.165) is 44.5 Å². The summed E-state index contributed by atoms with van der Waals surface area (Å²) in [5, 5.41) is 0. The van der Waals surface area contributed by atoms with Gasteiger partial charge in [-0.05, 0) is 24.8 Å². The molecular weight excluding hydrogens is 254 g/mol. The van der Waals surface area contributed by atoms with Crippen molar-refractivity contribution in [2.45, 2.75) is 32.0 Å². The van der Waals surface area contributed by atoms with Gasteiger partial charge in [-0.3, -0.25) is 0 Å². The van der Waals surface area contributed by atoms with Crippen molar-refractivity contribution in [1.29, 1.82) is 0 Å². The molecule has 0 aromatic heterocycles. The van der Waals surface area contributed by atoms with Gasteiger partial charge in [0.1, 0.15) is 6.61 Å². The molecule has 4 nitrogen and oxygen atoms in total. The second kappa shape index (κ2) is 6.27. The van der Waals surface area contributed by atoms with Crippen LogP contribution in [0.5, 0.6) is 0 Å². The van der Waals surface area contributed by atoms with Gasteiger partial charge in [-0.15, -0.1) is 0 Å². The number of benzene rings is 1. The minimum Gasteiger partial charge on any atom is -0.445 e. The molecule has 2 aliphatic rings. The Labute approximate surface area is 119 Å². The first-order valence-electron chi connectivity index (χ1n) is 7.40. The molecule has 0 unspecified atom stereocenters. The Morgan fingerprint density at radius 3 is 3.00 bits per heavy atom. The maximum absolute atomic E-state index is 12.1. The molecule has 1 aromatic rings. The van der Waals surface area contributed by atoms with Crippen LogP contribution in [0.1, 0.15) is 24.8 Å².